The molecular formula is C12H19N3O4S2. The maximum absolute atomic E-state index is 12.6. The molecule has 0 aliphatic carbocycles. The fourth-order valence-corrected chi connectivity index (χ4v) is 4.26. The van der Waals surface area contributed by atoms with Crippen molar-refractivity contribution in [3.05, 3.63) is 27.8 Å². The summed E-state index contributed by atoms with van der Waals surface area (Å²) >= 11 is 1.53. The second-order valence-electron chi connectivity index (χ2n) is 4.76. The minimum Gasteiger partial charge on any atom is -0.393 e. The number of nitrogens with zero attached hydrogens (tertiary/aromatic N) is 2. The lowest BCUT2D eigenvalue weighted by atomic mass is 10.2. The lowest BCUT2D eigenvalue weighted by molar-refractivity contribution is -0.384. The number of nitro benzene ring substituents is 1. The molecule has 0 amide bonds. The summed E-state index contributed by atoms with van der Waals surface area (Å²) < 4.78 is 26.4. The number of hydrogen-bond donors (Lipinski definition) is 1. The van der Waals surface area contributed by atoms with Gasteiger partial charge in [0.1, 0.15) is 5.69 Å². The van der Waals surface area contributed by atoms with Crippen LogP contribution in [-0.2, 0) is 10.0 Å². The molecule has 118 valence electrons. The van der Waals surface area contributed by atoms with Gasteiger partial charge in [-0.1, -0.05) is 0 Å². The molecule has 1 rings (SSSR count). The van der Waals surface area contributed by atoms with Gasteiger partial charge in [-0.2, -0.15) is 16.1 Å². The van der Waals surface area contributed by atoms with E-state index in [0.717, 1.165) is 6.07 Å². The van der Waals surface area contributed by atoms with E-state index in [4.69, 9.17) is 5.73 Å². The van der Waals surface area contributed by atoms with Crippen LogP contribution in [0.1, 0.15) is 12.5 Å². The Labute approximate surface area is 128 Å². The topological polar surface area (TPSA) is 107 Å². The van der Waals surface area contributed by atoms with E-state index >= 15 is 0 Å². The highest BCUT2D eigenvalue weighted by atomic mass is 32.2. The Kier molecular flexibility index (Phi) is 5.60. The second-order valence-corrected chi connectivity index (χ2v) is 7.64. The molecule has 0 aliphatic rings. The van der Waals surface area contributed by atoms with Gasteiger partial charge in [-0.05, 0) is 31.7 Å². The van der Waals surface area contributed by atoms with Gasteiger partial charge in [0.2, 0.25) is 10.0 Å². The highest BCUT2D eigenvalue weighted by molar-refractivity contribution is 7.98. The summed E-state index contributed by atoms with van der Waals surface area (Å²) in [5, 5.41) is 10.9. The van der Waals surface area contributed by atoms with Gasteiger partial charge in [0.25, 0.3) is 5.69 Å². The van der Waals surface area contributed by atoms with Crippen molar-refractivity contribution in [1.82, 2.24) is 4.31 Å². The van der Waals surface area contributed by atoms with Gasteiger partial charge >= 0.3 is 0 Å². The van der Waals surface area contributed by atoms with Crippen LogP contribution in [0.2, 0.25) is 0 Å². The molecule has 0 bridgehead atoms. The SMILES string of the molecule is CSCC(C)N(C)S(=O)(=O)c1cc([N+](=O)[O-])c(N)cc1C. The van der Waals surface area contributed by atoms with Gasteiger partial charge in [-0.3, -0.25) is 10.1 Å². The zero-order valence-corrected chi connectivity index (χ0v) is 14.0. The Morgan fingerprint density at radius 3 is 2.52 bits per heavy atom. The first-order valence-corrected chi connectivity index (χ1v) is 8.97. The number of benzene rings is 1. The third-order valence-corrected chi connectivity index (χ3v) is 6.14. The van der Waals surface area contributed by atoms with Crippen LogP contribution in [0, 0.1) is 17.0 Å². The molecule has 0 saturated carbocycles. The Morgan fingerprint density at radius 2 is 2.05 bits per heavy atom. The van der Waals surface area contributed by atoms with E-state index in [9.17, 15) is 18.5 Å². The largest absolute Gasteiger partial charge is 0.393 e. The molecule has 1 atom stereocenters. The van der Waals surface area contributed by atoms with E-state index < -0.39 is 20.6 Å². The highest BCUT2D eigenvalue weighted by Gasteiger charge is 2.29. The van der Waals surface area contributed by atoms with Gasteiger partial charge in [-0.25, -0.2) is 8.42 Å². The molecule has 21 heavy (non-hydrogen) atoms. The van der Waals surface area contributed by atoms with Crippen LogP contribution in [0.3, 0.4) is 0 Å². The Bertz CT molecular complexity index is 646. The number of anilines is 1. The van der Waals surface area contributed by atoms with Crippen molar-refractivity contribution < 1.29 is 13.3 Å². The lowest BCUT2D eigenvalue weighted by Crippen LogP contribution is -2.37. The van der Waals surface area contributed by atoms with Gasteiger partial charge in [0, 0.05) is 24.9 Å². The summed E-state index contributed by atoms with van der Waals surface area (Å²) in [6, 6.07) is 2.13. The van der Waals surface area contributed by atoms with E-state index in [1.807, 2.05) is 6.26 Å². The summed E-state index contributed by atoms with van der Waals surface area (Å²) in [6.07, 6.45) is 1.89. The minimum atomic E-state index is -3.80. The molecule has 1 unspecified atom stereocenters. The molecule has 1 aromatic carbocycles. The first-order valence-electron chi connectivity index (χ1n) is 6.14. The van der Waals surface area contributed by atoms with Crippen LogP contribution in [0.4, 0.5) is 11.4 Å². The molecular weight excluding hydrogens is 314 g/mol. The summed E-state index contributed by atoms with van der Waals surface area (Å²) in [7, 11) is -2.33. The molecule has 0 heterocycles. The zero-order valence-electron chi connectivity index (χ0n) is 12.4. The molecule has 7 nitrogen and oxygen atoms in total. The minimum absolute atomic E-state index is 0.0451. The van der Waals surface area contributed by atoms with Crippen LogP contribution in [0.25, 0.3) is 0 Å². The number of hydrogen-bond acceptors (Lipinski definition) is 6. The van der Waals surface area contributed by atoms with Crippen molar-refractivity contribution in [1.29, 1.82) is 0 Å². The summed E-state index contributed by atoms with van der Waals surface area (Å²) in [5.41, 5.74) is 5.51. The molecule has 9 heteroatoms. The van der Waals surface area contributed by atoms with Crippen LogP contribution in [-0.4, -0.2) is 42.7 Å². The van der Waals surface area contributed by atoms with E-state index in [1.54, 1.807) is 13.8 Å². The van der Waals surface area contributed by atoms with E-state index in [1.165, 1.54) is 29.2 Å². The molecule has 0 fully saturated rings. The molecule has 0 saturated heterocycles. The van der Waals surface area contributed by atoms with Gasteiger partial charge in [-0.15, -0.1) is 0 Å². The van der Waals surface area contributed by atoms with Crippen molar-refractivity contribution in [2.24, 2.45) is 0 Å². The normalized spacial score (nSPS) is 13.4. The number of nitro groups is 1. The highest BCUT2D eigenvalue weighted by Crippen LogP contribution is 2.30. The van der Waals surface area contributed by atoms with Crippen LogP contribution in [0.15, 0.2) is 17.0 Å². The number of sulfonamides is 1. The van der Waals surface area contributed by atoms with Crippen LogP contribution >= 0.6 is 11.8 Å². The summed E-state index contributed by atoms with van der Waals surface area (Å²) in [5.74, 6) is 0.631. The fraction of sp³-hybridized carbons (Fsp3) is 0.500. The van der Waals surface area contributed by atoms with E-state index in [0.29, 0.717) is 11.3 Å². The molecule has 2 N–H and O–H groups in total. The quantitative estimate of drug-likeness (QED) is 0.484. The number of aryl methyl sites for hydroxylation is 1. The first-order chi connectivity index (χ1) is 9.62. The number of thioether (sulfide) groups is 1. The smallest absolute Gasteiger partial charge is 0.293 e. The zero-order chi connectivity index (χ0) is 16.4. The molecule has 0 spiro atoms. The van der Waals surface area contributed by atoms with Crippen molar-refractivity contribution in [3.63, 3.8) is 0 Å². The Balaban J connectivity index is 3.38. The first kappa shape index (κ1) is 17.7. The third kappa shape index (κ3) is 3.66. The third-order valence-electron chi connectivity index (χ3n) is 3.21. The monoisotopic (exact) mass is 333 g/mol. The Hall–Kier alpha value is -1.32. The molecule has 0 radical (unpaired) electrons. The predicted octanol–water partition coefficient (Wildman–Crippen LogP) is 1.86. The van der Waals surface area contributed by atoms with Gasteiger partial charge in [0.05, 0.1) is 9.82 Å². The molecule has 1 aromatic rings. The van der Waals surface area contributed by atoms with Crippen LogP contribution < -0.4 is 5.73 Å². The van der Waals surface area contributed by atoms with Gasteiger partial charge < -0.3 is 5.73 Å². The maximum atomic E-state index is 12.6. The molecule has 0 aliphatic heterocycles. The van der Waals surface area contributed by atoms with Crippen molar-refractivity contribution in [2.75, 3.05) is 24.8 Å². The lowest BCUT2D eigenvalue weighted by Gasteiger charge is -2.24. The second kappa shape index (κ2) is 6.63. The summed E-state index contributed by atoms with van der Waals surface area (Å²) in [6.45, 7) is 3.36. The maximum Gasteiger partial charge on any atom is 0.293 e. The number of rotatable bonds is 6. The van der Waals surface area contributed by atoms with Crippen LogP contribution in [0.5, 0.6) is 0 Å². The van der Waals surface area contributed by atoms with Crippen molar-refractivity contribution in [3.8, 4) is 0 Å². The van der Waals surface area contributed by atoms with Gasteiger partial charge in [0.15, 0.2) is 0 Å². The van der Waals surface area contributed by atoms with E-state index in [-0.39, 0.29) is 16.6 Å². The summed E-state index contributed by atoms with van der Waals surface area (Å²) in [4.78, 5) is 10.2. The fourth-order valence-electron chi connectivity index (χ4n) is 1.87. The Morgan fingerprint density at radius 1 is 1.48 bits per heavy atom. The molecule has 0 aromatic heterocycles. The predicted molar refractivity (Wildman–Crippen MR) is 85.0 cm³/mol. The average molecular weight is 333 g/mol. The standard InChI is InChI=1S/C12H19N3O4S2/c1-8-5-10(13)11(15(16)17)6-12(8)21(18,19)14(3)9(2)7-20-4/h5-6,9H,7,13H2,1-4H3. The van der Waals surface area contributed by atoms with Crippen molar-refractivity contribution >= 4 is 33.2 Å². The van der Waals surface area contributed by atoms with E-state index in [2.05, 4.69) is 0 Å². The number of nitrogens with two attached hydrogens (primary N) is 1. The average Bonchev–Trinajstić information content (AvgIpc) is 2.37. The van der Waals surface area contributed by atoms with Crippen molar-refractivity contribution in [2.45, 2.75) is 24.8 Å². The number of nitrogen functional groups attached to an aromatic ring is 1.